The second kappa shape index (κ2) is 15.8. The molecule has 0 heterocycles. The molecule has 0 aromatic carbocycles. The highest BCUT2D eigenvalue weighted by Gasteiger charge is 2.31. The molecular weight excluding hydrogens is 352 g/mol. The molecule has 164 valence electrons. The van der Waals surface area contributed by atoms with Gasteiger partial charge < -0.3 is 9.47 Å². The van der Waals surface area contributed by atoms with E-state index in [1.807, 2.05) is 0 Å². The first-order chi connectivity index (χ1) is 13.5. The monoisotopic (exact) mass is 396 g/mol. The number of hydrogen-bond donors (Lipinski definition) is 0. The van der Waals surface area contributed by atoms with E-state index in [0.717, 1.165) is 57.3 Å². The van der Waals surface area contributed by atoms with E-state index >= 15 is 0 Å². The summed E-state index contributed by atoms with van der Waals surface area (Å²) in [6.45, 7) is 7.77. The molecule has 1 aliphatic carbocycles. The van der Waals surface area contributed by atoms with Crippen LogP contribution in [0.15, 0.2) is 0 Å². The molecule has 1 aliphatic rings. The molecule has 0 radical (unpaired) electrons. The zero-order valence-electron chi connectivity index (χ0n) is 18.7. The number of unbranched alkanes of at least 4 members (excludes halogenated alkanes) is 7. The van der Waals surface area contributed by atoms with Crippen molar-refractivity contribution in [2.45, 2.75) is 111 Å². The maximum Gasteiger partial charge on any atom is 0.308 e. The lowest BCUT2D eigenvalue weighted by molar-refractivity contribution is -0.155. The fourth-order valence-corrected chi connectivity index (χ4v) is 3.86. The standard InChI is InChI=1S/C24H44O4/c1-4-5-6-7-8-11-18-27-23(25)21-14-16-22(17-15-21)24(26)28-19-12-9-10-13-20(2)3/h20-22H,4-19H2,1-3H3. The average Bonchev–Trinajstić information content (AvgIpc) is 2.69. The Hall–Kier alpha value is -1.06. The van der Waals surface area contributed by atoms with Gasteiger partial charge in [0.15, 0.2) is 0 Å². The maximum atomic E-state index is 12.2. The van der Waals surface area contributed by atoms with Crippen LogP contribution in [0, 0.1) is 17.8 Å². The largest absolute Gasteiger partial charge is 0.465 e. The van der Waals surface area contributed by atoms with Crippen molar-refractivity contribution in [3.05, 3.63) is 0 Å². The van der Waals surface area contributed by atoms with Gasteiger partial charge in [0, 0.05) is 0 Å². The minimum Gasteiger partial charge on any atom is -0.465 e. The Morgan fingerprint density at radius 1 is 0.714 bits per heavy atom. The summed E-state index contributed by atoms with van der Waals surface area (Å²) in [6, 6.07) is 0. The van der Waals surface area contributed by atoms with Crippen LogP contribution in [0.3, 0.4) is 0 Å². The van der Waals surface area contributed by atoms with Gasteiger partial charge in [0.2, 0.25) is 0 Å². The Morgan fingerprint density at radius 2 is 1.14 bits per heavy atom. The Labute approximate surface area is 173 Å². The molecule has 28 heavy (non-hydrogen) atoms. The molecule has 0 aromatic rings. The van der Waals surface area contributed by atoms with Crippen molar-refractivity contribution in [1.29, 1.82) is 0 Å². The molecule has 0 amide bonds. The number of hydrogen-bond acceptors (Lipinski definition) is 4. The SMILES string of the molecule is CCCCCCCCOC(=O)C1CCC(C(=O)OCCCCCC(C)C)CC1. The van der Waals surface area contributed by atoms with Gasteiger partial charge in [0.05, 0.1) is 25.0 Å². The van der Waals surface area contributed by atoms with Gasteiger partial charge in [-0.3, -0.25) is 9.59 Å². The van der Waals surface area contributed by atoms with E-state index in [0.29, 0.717) is 13.2 Å². The van der Waals surface area contributed by atoms with Gasteiger partial charge in [-0.05, 0) is 44.4 Å². The molecule has 0 aliphatic heterocycles. The second-order valence-electron chi connectivity index (χ2n) is 8.89. The first-order valence-electron chi connectivity index (χ1n) is 11.9. The van der Waals surface area contributed by atoms with Crippen molar-refractivity contribution in [2.24, 2.45) is 17.8 Å². The highest BCUT2D eigenvalue weighted by Crippen LogP contribution is 2.30. The molecule has 4 heteroatoms. The third-order valence-corrected chi connectivity index (χ3v) is 5.81. The van der Waals surface area contributed by atoms with E-state index in [-0.39, 0.29) is 23.8 Å². The lowest BCUT2D eigenvalue weighted by atomic mass is 9.82. The predicted octanol–water partition coefficient (Wildman–Crippen LogP) is 6.46. The van der Waals surface area contributed by atoms with Crippen molar-refractivity contribution >= 4 is 11.9 Å². The van der Waals surface area contributed by atoms with Gasteiger partial charge in [0.25, 0.3) is 0 Å². The highest BCUT2D eigenvalue weighted by atomic mass is 16.5. The van der Waals surface area contributed by atoms with Crippen molar-refractivity contribution in [1.82, 2.24) is 0 Å². The van der Waals surface area contributed by atoms with E-state index < -0.39 is 0 Å². The summed E-state index contributed by atoms with van der Waals surface area (Å²) in [4.78, 5) is 24.4. The topological polar surface area (TPSA) is 52.6 Å². The van der Waals surface area contributed by atoms with Crippen molar-refractivity contribution in [3.8, 4) is 0 Å². The summed E-state index contributed by atoms with van der Waals surface area (Å²) in [6.07, 6.45) is 14.7. The zero-order valence-corrected chi connectivity index (χ0v) is 18.7. The Morgan fingerprint density at radius 3 is 1.61 bits per heavy atom. The minimum atomic E-state index is -0.0669. The van der Waals surface area contributed by atoms with Gasteiger partial charge in [0.1, 0.15) is 0 Å². The zero-order chi connectivity index (χ0) is 20.6. The summed E-state index contributed by atoms with van der Waals surface area (Å²) < 4.78 is 10.9. The summed E-state index contributed by atoms with van der Waals surface area (Å²) in [5, 5.41) is 0. The van der Waals surface area contributed by atoms with Crippen LogP contribution in [-0.4, -0.2) is 25.2 Å². The number of esters is 2. The average molecular weight is 397 g/mol. The van der Waals surface area contributed by atoms with Gasteiger partial charge in [-0.25, -0.2) is 0 Å². The predicted molar refractivity (Wildman–Crippen MR) is 114 cm³/mol. The van der Waals surface area contributed by atoms with Crippen LogP contribution in [0.2, 0.25) is 0 Å². The molecule has 1 saturated carbocycles. The summed E-state index contributed by atoms with van der Waals surface area (Å²) in [7, 11) is 0. The number of ether oxygens (including phenoxy) is 2. The number of carbonyl (C=O) groups excluding carboxylic acids is 2. The first-order valence-corrected chi connectivity index (χ1v) is 11.9. The van der Waals surface area contributed by atoms with Crippen LogP contribution in [0.1, 0.15) is 111 Å². The lowest BCUT2D eigenvalue weighted by Gasteiger charge is -2.26. The van der Waals surface area contributed by atoms with Gasteiger partial charge in [-0.1, -0.05) is 72.1 Å². The van der Waals surface area contributed by atoms with Gasteiger partial charge in [-0.2, -0.15) is 0 Å². The second-order valence-corrected chi connectivity index (χ2v) is 8.89. The molecule has 0 spiro atoms. The van der Waals surface area contributed by atoms with Crippen LogP contribution in [0.25, 0.3) is 0 Å². The third-order valence-electron chi connectivity index (χ3n) is 5.81. The molecule has 1 fully saturated rings. The molecule has 0 atom stereocenters. The molecule has 4 nitrogen and oxygen atoms in total. The number of carbonyl (C=O) groups is 2. The molecular formula is C24H44O4. The quantitative estimate of drug-likeness (QED) is 0.235. The highest BCUT2D eigenvalue weighted by molar-refractivity contribution is 5.75. The smallest absolute Gasteiger partial charge is 0.308 e. The first kappa shape index (κ1) is 25.0. The van der Waals surface area contributed by atoms with Crippen LogP contribution in [0.5, 0.6) is 0 Å². The van der Waals surface area contributed by atoms with Gasteiger partial charge in [-0.15, -0.1) is 0 Å². The van der Waals surface area contributed by atoms with Crippen LogP contribution in [0.4, 0.5) is 0 Å². The molecule has 1 rings (SSSR count). The Kier molecular flexibility index (Phi) is 14.1. The van der Waals surface area contributed by atoms with Gasteiger partial charge >= 0.3 is 11.9 Å². The minimum absolute atomic E-state index is 0.0276. The number of rotatable bonds is 15. The van der Waals surface area contributed by atoms with Crippen LogP contribution >= 0.6 is 0 Å². The fourth-order valence-electron chi connectivity index (χ4n) is 3.86. The summed E-state index contributed by atoms with van der Waals surface area (Å²) in [5.74, 6) is 0.557. The van der Waals surface area contributed by atoms with Crippen molar-refractivity contribution < 1.29 is 19.1 Å². The summed E-state index contributed by atoms with van der Waals surface area (Å²) in [5.41, 5.74) is 0. The molecule has 0 unspecified atom stereocenters. The van der Waals surface area contributed by atoms with Crippen molar-refractivity contribution in [3.63, 3.8) is 0 Å². The fraction of sp³-hybridized carbons (Fsp3) is 0.917. The third kappa shape index (κ3) is 11.7. The molecule has 0 saturated heterocycles. The molecule has 0 aromatic heterocycles. The van der Waals surface area contributed by atoms with Crippen molar-refractivity contribution in [2.75, 3.05) is 13.2 Å². The van der Waals surface area contributed by atoms with E-state index in [2.05, 4.69) is 20.8 Å². The molecule has 0 N–H and O–H groups in total. The normalized spacial score (nSPS) is 19.6. The van der Waals surface area contributed by atoms with E-state index in [1.54, 1.807) is 0 Å². The van der Waals surface area contributed by atoms with E-state index in [4.69, 9.17) is 9.47 Å². The van der Waals surface area contributed by atoms with E-state index in [1.165, 1.54) is 38.5 Å². The van der Waals surface area contributed by atoms with E-state index in [9.17, 15) is 9.59 Å². The van der Waals surface area contributed by atoms with Crippen LogP contribution < -0.4 is 0 Å². The van der Waals surface area contributed by atoms with Crippen LogP contribution in [-0.2, 0) is 19.1 Å². The Bertz CT molecular complexity index is 411. The maximum absolute atomic E-state index is 12.2. The summed E-state index contributed by atoms with van der Waals surface area (Å²) >= 11 is 0. The molecule has 0 bridgehead atoms. The lowest BCUT2D eigenvalue weighted by Crippen LogP contribution is -2.28. The Balaban J connectivity index is 2.05.